The minimum atomic E-state index is -0.376. The molecular formula is C31H37BrN4O3. The number of urea groups is 1. The van der Waals surface area contributed by atoms with E-state index in [1.54, 1.807) is 6.07 Å². The van der Waals surface area contributed by atoms with Gasteiger partial charge in [0.05, 0.1) is 11.3 Å². The number of anilines is 3. The van der Waals surface area contributed by atoms with Crippen molar-refractivity contribution in [3.8, 4) is 0 Å². The first-order chi connectivity index (χ1) is 19.0. The van der Waals surface area contributed by atoms with E-state index in [2.05, 4.69) is 67.1 Å². The number of hydrogen-bond acceptors (Lipinski definition) is 4. The third-order valence-corrected chi connectivity index (χ3v) is 7.59. The largest absolute Gasteiger partial charge is 0.382 e. The third-order valence-electron chi connectivity index (χ3n) is 6.90. The Morgan fingerprint density at radius 2 is 1.72 bits per heavy atom. The maximum atomic E-state index is 13.3. The fraction of sp³-hybridized carbons (Fsp3) is 0.355. The quantitative estimate of drug-likeness (QED) is 0.216. The summed E-state index contributed by atoms with van der Waals surface area (Å²) in [5.41, 5.74) is 4.05. The molecule has 3 aromatic rings. The summed E-state index contributed by atoms with van der Waals surface area (Å²) in [6, 6.07) is 23.2. The van der Waals surface area contributed by atoms with Crippen molar-refractivity contribution in [1.82, 2.24) is 5.32 Å². The van der Waals surface area contributed by atoms with Crippen molar-refractivity contribution in [3.05, 3.63) is 88.4 Å². The first-order valence-corrected chi connectivity index (χ1v) is 14.4. The van der Waals surface area contributed by atoms with E-state index in [0.717, 1.165) is 48.9 Å². The van der Waals surface area contributed by atoms with Gasteiger partial charge in [-0.2, -0.15) is 0 Å². The second kappa shape index (κ2) is 14.7. The Bertz CT molecular complexity index is 1230. The number of nitrogens with one attached hydrogen (secondary N) is 3. The van der Waals surface area contributed by atoms with Crippen molar-refractivity contribution in [3.63, 3.8) is 0 Å². The Hall–Kier alpha value is -3.36. The van der Waals surface area contributed by atoms with Gasteiger partial charge in [0, 0.05) is 48.7 Å². The Kier molecular flexibility index (Phi) is 10.8. The molecule has 0 atom stereocenters. The number of carbonyl (C=O) groups excluding carboxylic acids is 2. The van der Waals surface area contributed by atoms with Crippen molar-refractivity contribution >= 4 is 44.9 Å². The average Bonchev–Trinajstić information content (AvgIpc) is 2.95. The zero-order valence-corrected chi connectivity index (χ0v) is 24.0. The highest BCUT2D eigenvalue weighted by atomic mass is 79.9. The van der Waals surface area contributed by atoms with E-state index in [4.69, 9.17) is 4.74 Å². The van der Waals surface area contributed by atoms with Gasteiger partial charge in [-0.05, 0) is 90.4 Å². The Morgan fingerprint density at radius 1 is 0.974 bits per heavy atom. The van der Waals surface area contributed by atoms with E-state index in [-0.39, 0.29) is 11.9 Å². The van der Waals surface area contributed by atoms with Crippen molar-refractivity contribution in [2.24, 2.45) is 5.92 Å². The SMILES string of the molecule is CCOCCCNC(=O)c1cc(NC(=O)Nc2ccccc2Br)ccc1N1CCC(Cc2ccccc2)CC1. The molecule has 0 bridgehead atoms. The number of nitrogens with zero attached hydrogens (tertiary/aromatic N) is 1. The van der Waals surface area contributed by atoms with E-state index in [0.29, 0.717) is 42.6 Å². The number of halogens is 1. The zero-order valence-electron chi connectivity index (χ0n) is 22.4. The van der Waals surface area contributed by atoms with Crippen LogP contribution < -0.4 is 20.9 Å². The first-order valence-electron chi connectivity index (χ1n) is 13.6. The van der Waals surface area contributed by atoms with Gasteiger partial charge in [0.15, 0.2) is 0 Å². The summed E-state index contributed by atoms with van der Waals surface area (Å²) in [5.74, 6) is 0.476. The fourth-order valence-corrected chi connectivity index (χ4v) is 5.24. The number of rotatable bonds is 11. The molecule has 0 saturated carbocycles. The molecule has 0 spiro atoms. The van der Waals surface area contributed by atoms with Crippen molar-refractivity contribution in [2.75, 3.05) is 48.4 Å². The molecule has 3 aromatic carbocycles. The van der Waals surface area contributed by atoms with Gasteiger partial charge in [-0.3, -0.25) is 4.79 Å². The number of piperidine rings is 1. The third kappa shape index (κ3) is 8.57. The first kappa shape index (κ1) is 28.6. The summed E-state index contributed by atoms with van der Waals surface area (Å²) in [4.78, 5) is 28.3. The molecule has 3 N–H and O–H groups in total. The fourth-order valence-electron chi connectivity index (χ4n) is 4.86. The molecule has 0 radical (unpaired) electrons. The van der Waals surface area contributed by atoms with Crippen molar-refractivity contribution in [1.29, 1.82) is 0 Å². The highest BCUT2D eigenvalue weighted by Crippen LogP contribution is 2.30. The Balaban J connectivity index is 1.44. The summed E-state index contributed by atoms with van der Waals surface area (Å²) in [6.45, 7) is 5.52. The Labute approximate surface area is 239 Å². The number of amides is 3. The van der Waals surface area contributed by atoms with Gasteiger partial charge in [-0.15, -0.1) is 0 Å². The highest BCUT2D eigenvalue weighted by molar-refractivity contribution is 9.10. The lowest BCUT2D eigenvalue weighted by Gasteiger charge is -2.35. The number of benzene rings is 3. The molecule has 1 aliphatic heterocycles. The lowest BCUT2D eigenvalue weighted by atomic mass is 9.89. The van der Waals surface area contributed by atoms with Gasteiger partial charge in [0.25, 0.3) is 5.91 Å². The molecule has 1 heterocycles. The molecule has 1 aliphatic rings. The van der Waals surface area contributed by atoms with Gasteiger partial charge >= 0.3 is 6.03 Å². The summed E-state index contributed by atoms with van der Waals surface area (Å²) >= 11 is 3.45. The van der Waals surface area contributed by atoms with Gasteiger partial charge in [0.2, 0.25) is 0 Å². The summed E-state index contributed by atoms with van der Waals surface area (Å²) in [6.07, 6.45) is 3.96. The van der Waals surface area contributed by atoms with Crippen LogP contribution in [-0.2, 0) is 11.2 Å². The van der Waals surface area contributed by atoms with Crippen LogP contribution in [0.4, 0.5) is 21.9 Å². The molecule has 1 saturated heterocycles. The molecule has 4 rings (SSSR count). The summed E-state index contributed by atoms with van der Waals surface area (Å²) in [7, 11) is 0. The van der Waals surface area contributed by atoms with Crippen LogP contribution in [0, 0.1) is 5.92 Å². The second-order valence-corrected chi connectivity index (χ2v) is 10.6. The normalized spacial score (nSPS) is 13.6. The van der Waals surface area contributed by atoms with Crippen LogP contribution in [0.25, 0.3) is 0 Å². The van der Waals surface area contributed by atoms with E-state index in [1.807, 2.05) is 43.3 Å². The number of ether oxygens (including phenoxy) is 1. The predicted octanol–water partition coefficient (Wildman–Crippen LogP) is 6.71. The molecule has 7 nitrogen and oxygen atoms in total. The van der Waals surface area contributed by atoms with E-state index >= 15 is 0 Å². The smallest absolute Gasteiger partial charge is 0.323 e. The molecule has 1 fully saturated rings. The molecule has 39 heavy (non-hydrogen) atoms. The highest BCUT2D eigenvalue weighted by Gasteiger charge is 2.24. The zero-order chi connectivity index (χ0) is 27.5. The van der Waals surface area contributed by atoms with Gasteiger partial charge < -0.3 is 25.6 Å². The lowest BCUT2D eigenvalue weighted by Crippen LogP contribution is -2.36. The van der Waals surface area contributed by atoms with E-state index < -0.39 is 0 Å². The van der Waals surface area contributed by atoms with Crippen LogP contribution in [-0.4, -0.2) is 44.8 Å². The molecule has 0 aliphatic carbocycles. The van der Waals surface area contributed by atoms with Crippen LogP contribution >= 0.6 is 15.9 Å². The average molecular weight is 594 g/mol. The summed E-state index contributed by atoms with van der Waals surface area (Å²) < 4.78 is 6.19. The second-order valence-electron chi connectivity index (χ2n) is 9.72. The Morgan fingerprint density at radius 3 is 2.46 bits per heavy atom. The van der Waals surface area contributed by atoms with E-state index in [9.17, 15) is 9.59 Å². The van der Waals surface area contributed by atoms with E-state index in [1.165, 1.54) is 5.56 Å². The molecule has 0 aromatic heterocycles. The van der Waals surface area contributed by atoms with Gasteiger partial charge in [0.1, 0.15) is 0 Å². The standard InChI is InChI=1S/C31H37BrN4O3/c1-2-39-20-8-17-33-30(37)26-22-25(34-31(38)35-28-12-7-6-11-27(28)32)13-14-29(26)36-18-15-24(16-19-36)21-23-9-4-3-5-10-23/h3-7,9-14,22,24H,2,8,15-21H2,1H3,(H,33,37)(H2,34,35,38). The minimum absolute atomic E-state index is 0.150. The minimum Gasteiger partial charge on any atom is -0.382 e. The van der Waals surface area contributed by atoms with Gasteiger partial charge in [-0.25, -0.2) is 4.79 Å². The number of para-hydroxylation sites is 1. The number of carbonyl (C=O) groups is 2. The van der Waals surface area contributed by atoms with Crippen molar-refractivity contribution in [2.45, 2.75) is 32.6 Å². The van der Waals surface area contributed by atoms with Crippen LogP contribution in [0.3, 0.4) is 0 Å². The monoisotopic (exact) mass is 592 g/mol. The molecule has 0 unspecified atom stereocenters. The maximum Gasteiger partial charge on any atom is 0.323 e. The van der Waals surface area contributed by atoms with Crippen LogP contribution in [0.5, 0.6) is 0 Å². The maximum absolute atomic E-state index is 13.3. The lowest BCUT2D eigenvalue weighted by molar-refractivity contribution is 0.0944. The number of hydrogen-bond donors (Lipinski definition) is 3. The topological polar surface area (TPSA) is 82.7 Å². The van der Waals surface area contributed by atoms with Crippen LogP contribution in [0.15, 0.2) is 77.3 Å². The van der Waals surface area contributed by atoms with Gasteiger partial charge in [-0.1, -0.05) is 42.5 Å². The van der Waals surface area contributed by atoms with Crippen LogP contribution in [0.2, 0.25) is 0 Å². The predicted molar refractivity (Wildman–Crippen MR) is 162 cm³/mol. The molecular weight excluding hydrogens is 556 g/mol. The molecule has 8 heteroatoms. The molecule has 206 valence electrons. The van der Waals surface area contributed by atoms with Crippen molar-refractivity contribution < 1.29 is 14.3 Å². The van der Waals surface area contributed by atoms with Crippen LogP contribution in [0.1, 0.15) is 42.1 Å². The summed E-state index contributed by atoms with van der Waals surface area (Å²) in [5, 5.41) is 8.74. The molecule has 3 amide bonds.